The van der Waals surface area contributed by atoms with Crippen LogP contribution in [-0.4, -0.2) is 17.0 Å². The Kier molecular flexibility index (Phi) is 6.06. The molecule has 1 amide bonds. The molecule has 2 N–H and O–H groups in total. The average Bonchev–Trinajstić information content (AvgIpc) is 2.82. The van der Waals surface area contributed by atoms with Gasteiger partial charge >= 0.3 is 11.6 Å². The molecule has 0 aliphatic rings. The van der Waals surface area contributed by atoms with E-state index in [2.05, 4.69) is 5.32 Å². The number of carbonyl (C=O) groups excluding carboxylic acids is 2. The van der Waals surface area contributed by atoms with E-state index in [0.29, 0.717) is 27.8 Å². The van der Waals surface area contributed by atoms with E-state index < -0.39 is 17.2 Å². The maximum Gasteiger partial charge on any atom is 0.348 e. The van der Waals surface area contributed by atoms with Gasteiger partial charge in [-0.2, -0.15) is 0 Å². The molecule has 0 aliphatic heterocycles. The molecule has 0 unspecified atom stereocenters. The first kappa shape index (κ1) is 22.0. The Morgan fingerprint density at radius 3 is 2.12 bits per heavy atom. The fraction of sp³-hybridized carbons (Fsp3) is 0.115. The highest BCUT2D eigenvalue weighted by Crippen LogP contribution is 2.32. The van der Waals surface area contributed by atoms with Gasteiger partial charge in [-0.05, 0) is 23.3 Å². The maximum atomic E-state index is 13.2. The van der Waals surface area contributed by atoms with E-state index in [1.807, 2.05) is 0 Å². The van der Waals surface area contributed by atoms with Crippen LogP contribution in [0.15, 0.2) is 94.1 Å². The second-order valence-corrected chi connectivity index (χ2v) is 7.50. The van der Waals surface area contributed by atoms with E-state index in [1.165, 1.54) is 19.1 Å². The Bertz CT molecular complexity index is 1320. The summed E-state index contributed by atoms with van der Waals surface area (Å²) >= 11 is 0. The number of aliphatic hydroxyl groups is 1. The molecule has 0 fully saturated rings. The first-order valence-electron chi connectivity index (χ1n) is 10.2. The van der Waals surface area contributed by atoms with Gasteiger partial charge in [0.15, 0.2) is 0 Å². The fourth-order valence-electron chi connectivity index (χ4n) is 3.64. The molecule has 1 aromatic heterocycles. The molecule has 0 saturated carbocycles. The molecule has 4 rings (SSSR count). The summed E-state index contributed by atoms with van der Waals surface area (Å²) in [7, 11) is 0. The molecule has 0 radical (unpaired) electrons. The van der Waals surface area contributed by atoms with E-state index >= 15 is 0 Å². The van der Waals surface area contributed by atoms with Gasteiger partial charge in [-0.25, -0.2) is 9.59 Å². The Hall–Kier alpha value is -4.23. The molecule has 0 atom stereocenters. The second-order valence-electron chi connectivity index (χ2n) is 7.50. The Labute approximate surface area is 189 Å². The van der Waals surface area contributed by atoms with Crippen molar-refractivity contribution in [2.45, 2.75) is 19.1 Å². The van der Waals surface area contributed by atoms with Gasteiger partial charge in [0.2, 0.25) is 11.5 Å². The fourth-order valence-corrected chi connectivity index (χ4v) is 3.64. The van der Waals surface area contributed by atoms with Crippen molar-refractivity contribution < 1.29 is 23.8 Å². The third-order valence-electron chi connectivity index (χ3n) is 5.19. The van der Waals surface area contributed by atoms with Gasteiger partial charge in [-0.15, -0.1) is 0 Å². The van der Waals surface area contributed by atoms with Crippen molar-refractivity contribution >= 4 is 28.5 Å². The van der Waals surface area contributed by atoms with Crippen LogP contribution in [0.1, 0.15) is 23.6 Å². The number of benzene rings is 3. The van der Waals surface area contributed by atoms with Crippen LogP contribution in [0, 0.1) is 0 Å². The third kappa shape index (κ3) is 4.53. The van der Waals surface area contributed by atoms with E-state index in [0.717, 1.165) is 0 Å². The number of nitrogens with one attached hydrogen (secondary N) is 1. The van der Waals surface area contributed by atoms with E-state index in [4.69, 9.17) is 9.15 Å². The normalized spacial score (nSPS) is 11.2. The van der Waals surface area contributed by atoms with E-state index in [9.17, 15) is 19.5 Å². The summed E-state index contributed by atoms with van der Waals surface area (Å²) < 4.78 is 10.8. The lowest BCUT2D eigenvalue weighted by Gasteiger charge is -2.27. The van der Waals surface area contributed by atoms with Crippen LogP contribution in [0.5, 0.6) is 0 Å². The molecule has 166 valence electrons. The summed E-state index contributed by atoms with van der Waals surface area (Å²) in [6, 6.07) is 23.1. The molecule has 4 aromatic rings. The predicted molar refractivity (Wildman–Crippen MR) is 122 cm³/mol. The number of hydrogen-bond acceptors (Lipinski definition) is 6. The van der Waals surface area contributed by atoms with Crippen LogP contribution >= 0.6 is 0 Å². The van der Waals surface area contributed by atoms with Crippen molar-refractivity contribution in [1.82, 2.24) is 0 Å². The molecule has 0 saturated heterocycles. The summed E-state index contributed by atoms with van der Waals surface area (Å²) in [5.41, 5.74) is -0.827. The minimum absolute atomic E-state index is 0.237. The lowest BCUT2D eigenvalue weighted by atomic mass is 9.86. The van der Waals surface area contributed by atoms with Crippen LogP contribution in [0.4, 0.5) is 5.69 Å². The smallest absolute Gasteiger partial charge is 0.348 e. The minimum atomic E-state index is -2.03. The zero-order valence-corrected chi connectivity index (χ0v) is 17.8. The largest absolute Gasteiger partial charge is 0.458 e. The highest BCUT2D eigenvalue weighted by atomic mass is 16.5. The van der Waals surface area contributed by atoms with Gasteiger partial charge in [0, 0.05) is 35.7 Å². The second kappa shape index (κ2) is 9.10. The standard InChI is InChI=1S/C26H21NO6/c1-17(28)27-21-12-13-22-18(14-24(29)33-23(22)15-21)16-32-25(30)26(31,19-8-4-2-5-9-19)20-10-6-3-7-11-20/h2-15,31H,16H2,1H3,(H,27,28). The SMILES string of the molecule is CC(=O)Nc1ccc2c(COC(=O)C(O)(c3ccccc3)c3ccccc3)cc(=O)oc2c1. The number of esters is 1. The lowest BCUT2D eigenvalue weighted by Crippen LogP contribution is -2.38. The van der Waals surface area contributed by atoms with E-state index in [-0.39, 0.29) is 18.1 Å². The summed E-state index contributed by atoms with van der Waals surface area (Å²) in [6.07, 6.45) is 0. The van der Waals surface area contributed by atoms with Gasteiger partial charge in [0.25, 0.3) is 0 Å². The van der Waals surface area contributed by atoms with Crippen molar-refractivity contribution in [2.24, 2.45) is 0 Å². The maximum absolute atomic E-state index is 13.2. The van der Waals surface area contributed by atoms with E-state index in [1.54, 1.807) is 72.8 Å². The lowest BCUT2D eigenvalue weighted by molar-refractivity contribution is -0.163. The van der Waals surface area contributed by atoms with Crippen molar-refractivity contribution in [3.63, 3.8) is 0 Å². The first-order chi connectivity index (χ1) is 15.9. The van der Waals surface area contributed by atoms with Crippen LogP contribution in [0.2, 0.25) is 0 Å². The molecule has 7 nitrogen and oxygen atoms in total. The molecule has 7 heteroatoms. The number of fused-ring (bicyclic) bond motifs is 1. The molecule has 3 aromatic carbocycles. The first-order valence-corrected chi connectivity index (χ1v) is 10.2. The molecule has 33 heavy (non-hydrogen) atoms. The average molecular weight is 443 g/mol. The number of rotatable bonds is 6. The molecule has 1 heterocycles. The zero-order valence-electron chi connectivity index (χ0n) is 17.8. The topological polar surface area (TPSA) is 106 Å². The van der Waals surface area contributed by atoms with Crippen molar-refractivity contribution in [3.8, 4) is 0 Å². The number of carbonyl (C=O) groups is 2. The van der Waals surface area contributed by atoms with Crippen LogP contribution in [0.25, 0.3) is 11.0 Å². The number of hydrogen-bond donors (Lipinski definition) is 2. The van der Waals surface area contributed by atoms with Crippen molar-refractivity contribution in [2.75, 3.05) is 5.32 Å². The van der Waals surface area contributed by atoms with Crippen molar-refractivity contribution in [3.05, 3.63) is 112 Å². The number of ether oxygens (including phenoxy) is 1. The minimum Gasteiger partial charge on any atom is -0.458 e. The van der Waals surface area contributed by atoms with Gasteiger partial charge in [0.1, 0.15) is 12.2 Å². The quantitative estimate of drug-likeness (QED) is 0.347. The number of anilines is 1. The number of amides is 1. The molecular weight excluding hydrogens is 422 g/mol. The van der Waals surface area contributed by atoms with Gasteiger partial charge in [-0.3, -0.25) is 4.79 Å². The Morgan fingerprint density at radius 1 is 0.939 bits per heavy atom. The third-order valence-corrected chi connectivity index (χ3v) is 5.19. The highest BCUT2D eigenvalue weighted by Gasteiger charge is 2.41. The van der Waals surface area contributed by atoms with Gasteiger partial charge < -0.3 is 19.6 Å². The monoisotopic (exact) mass is 443 g/mol. The van der Waals surface area contributed by atoms with Gasteiger partial charge in [0.05, 0.1) is 0 Å². The van der Waals surface area contributed by atoms with Crippen LogP contribution < -0.4 is 10.9 Å². The molecule has 0 aliphatic carbocycles. The summed E-state index contributed by atoms with van der Waals surface area (Å²) in [4.78, 5) is 36.6. The summed E-state index contributed by atoms with van der Waals surface area (Å²) in [6.45, 7) is 1.11. The molecule has 0 bridgehead atoms. The van der Waals surface area contributed by atoms with Crippen molar-refractivity contribution in [1.29, 1.82) is 0 Å². The summed E-state index contributed by atoms with van der Waals surface area (Å²) in [5.74, 6) is -1.14. The van der Waals surface area contributed by atoms with Crippen LogP contribution in [0.3, 0.4) is 0 Å². The Balaban J connectivity index is 1.67. The predicted octanol–water partition coefficient (Wildman–Crippen LogP) is 3.73. The summed E-state index contributed by atoms with van der Waals surface area (Å²) in [5, 5.41) is 14.7. The Morgan fingerprint density at radius 2 is 1.55 bits per heavy atom. The van der Waals surface area contributed by atoms with Crippen LogP contribution in [-0.2, 0) is 26.5 Å². The molecule has 0 spiro atoms. The highest BCUT2D eigenvalue weighted by molar-refractivity contribution is 5.92. The zero-order chi connectivity index (χ0) is 23.4. The molecular formula is C26H21NO6. The van der Waals surface area contributed by atoms with Gasteiger partial charge in [-0.1, -0.05) is 60.7 Å².